The molecule has 7 nitrogen and oxygen atoms in total. The first kappa shape index (κ1) is 22.2. The van der Waals surface area contributed by atoms with E-state index < -0.39 is 18.5 Å². The Labute approximate surface area is 156 Å². The standard InChI is InChI=1S/C17H19NO3.ClH2O3P/c1-17(2,18-15-11-7-4-8-12-15)16(19)21-20-13-14-9-5-3-6-10-14;1-5(2,3)4/h3-12,18H,13H2,1-2H3;(H2,2,3,4). The molecule has 0 saturated carbocycles. The van der Waals surface area contributed by atoms with Crippen LogP contribution in [0.2, 0.25) is 0 Å². The van der Waals surface area contributed by atoms with E-state index in [0.29, 0.717) is 0 Å². The normalized spacial score (nSPS) is 11.1. The molecule has 0 unspecified atom stereocenters. The minimum absolute atomic E-state index is 0.230. The Morgan fingerprint density at radius 1 is 1.08 bits per heavy atom. The van der Waals surface area contributed by atoms with Crippen molar-refractivity contribution in [1.29, 1.82) is 0 Å². The third-order valence-electron chi connectivity index (χ3n) is 2.94. The molecule has 0 bridgehead atoms. The summed E-state index contributed by atoms with van der Waals surface area (Å²) < 4.78 is 9.09. The van der Waals surface area contributed by atoms with Crippen molar-refractivity contribution in [2.45, 2.75) is 26.0 Å². The summed E-state index contributed by atoms with van der Waals surface area (Å²) >= 11 is 4.20. The topological polar surface area (TPSA) is 105 Å². The minimum Gasteiger partial charge on any atom is -0.370 e. The number of rotatable bonds is 6. The van der Waals surface area contributed by atoms with Crippen molar-refractivity contribution >= 4 is 29.8 Å². The van der Waals surface area contributed by atoms with E-state index in [0.717, 1.165) is 11.3 Å². The van der Waals surface area contributed by atoms with Crippen molar-refractivity contribution in [3.05, 3.63) is 66.2 Å². The van der Waals surface area contributed by atoms with Gasteiger partial charge in [0.2, 0.25) is 0 Å². The number of benzene rings is 2. The highest BCUT2D eigenvalue weighted by Gasteiger charge is 2.30. The van der Waals surface area contributed by atoms with Crippen LogP contribution in [0.3, 0.4) is 0 Å². The second-order valence-electron chi connectivity index (χ2n) is 5.71. The lowest BCUT2D eigenvalue weighted by atomic mass is 10.1. The maximum Gasteiger partial charge on any atom is 0.419 e. The van der Waals surface area contributed by atoms with Crippen molar-refractivity contribution in [1.82, 2.24) is 0 Å². The van der Waals surface area contributed by atoms with Gasteiger partial charge in [-0.15, -0.1) is 0 Å². The van der Waals surface area contributed by atoms with E-state index >= 15 is 0 Å². The van der Waals surface area contributed by atoms with Crippen LogP contribution in [0.15, 0.2) is 60.7 Å². The van der Waals surface area contributed by atoms with Crippen molar-refractivity contribution in [2.24, 2.45) is 0 Å². The molecule has 0 heterocycles. The van der Waals surface area contributed by atoms with Gasteiger partial charge in [0, 0.05) is 16.9 Å². The molecular formula is C17H21ClNO6P. The molecule has 0 radical (unpaired) electrons. The molecule has 0 aliphatic carbocycles. The summed E-state index contributed by atoms with van der Waals surface area (Å²) in [6, 6.07) is 19.0. The van der Waals surface area contributed by atoms with Crippen molar-refractivity contribution in [3.8, 4) is 0 Å². The van der Waals surface area contributed by atoms with Crippen LogP contribution < -0.4 is 5.32 Å². The van der Waals surface area contributed by atoms with E-state index in [1.807, 2.05) is 60.7 Å². The van der Waals surface area contributed by atoms with E-state index in [2.05, 4.69) is 16.6 Å². The number of carbonyl (C=O) groups is 1. The number of anilines is 1. The zero-order valence-electron chi connectivity index (χ0n) is 14.3. The molecular weight excluding hydrogens is 381 g/mol. The van der Waals surface area contributed by atoms with E-state index in [9.17, 15) is 4.79 Å². The first-order chi connectivity index (χ1) is 12.1. The quantitative estimate of drug-likeness (QED) is 0.383. The Morgan fingerprint density at radius 3 is 2.04 bits per heavy atom. The van der Waals surface area contributed by atoms with Crippen LogP contribution in [-0.4, -0.2) is 21.3 Å². The van der Waals surface area contributed by atoms with Crippen molar-refractivity contribution in [3.63, 3.8) is 0 Å². The molecule has 0 fully saturated rings. The lowest BCUT2D eigenvalue weighted by Gasteiger charge is -2.24. The molecule has 2 aromatic carbocycles. The highest BCUT2D eigenvalue weighted by atomic mass is 35.7. The van der Waals surface area contributed by atoms with E-state index in [1.165, 1.54) is 0 Å². The Bertz CT molecular complexity index is 712. The number of hydrogen-bond acceptors (Lipinski definition) is 5. The molecule has 2 rings (SSSR count). The molecule has 26 heavy (non-hydrogen) atoms. The predicted octanol–water partition coefficient (Wildman–Crippen LogP) is 3.87. The fourth-order valence-corrected chi connectivity index (χ4v) is 1.76. The van der Waals surface area contributed by atoms with Gasteiger partial charge in [-0.2, -0.15) is 4.89 Å². The van der Waals surface area contributed by atoms with Gasteiger partial charge in [0.1, 0.15) is 12.1 Å². The Morgan fingerprint density at radius 2 is 1.54 bits per heavy atom. The molecule has 0 atom stereocenters. The second-order valence-corrected chi connectivity index (χ2v) is 7.97. The first-order valence-corrected chi connectivity index (χ1v) is 10.1. The lowest BCUT2D eigenvalue weighted by Crippen LogP contribution is -2.41. The third-order valence-corrected chi connectivity index (χ3v) is 2.94. The summed E-state index contributed by atoms with van der Waals surface area (Å²) in [4.78, 5) is 36.7. The van der Waals surface area contributed by atoms with Gasteiger partial charge in [0.15, 0.2) is 0 Å². The van der Waals surface area contributed by atoms with E-state index in [-0.39, 0.29) is 6.61 Å². The average molecular weight is 402 g/mol. The fourth-order valence-electron chi connectivity index (χ4n) is 1.76. The Balaban J connectivity index is 0.000000597. The van der Waals surface area contributed by atoms with E-state index in [4.69, 9.17) is 24.1 Å². The van der Waals surface area contributed by atoms with Gasteiger partial charge in [0.25, 0.3) is 0 Å². The molecule has 0 aromatic heterocycles. The maximum atomic E-state index is 12.0. The zero-order chi connectivity index (χ0) is 19.6. The predicted molar refractivity (Wildman–Crippen MR) is 99.4 cm³/mol. The van der Waals surface area contributed by atoms with Gasteiger partial charge in [-0.05, 0) is 31.5 Å². The number of halogens is 1. The van der Waals surface area contributed by atoms with Crippen molar-refractivity contribution in [2.75, 3.05) is 5.32 Å². The molecule has 9 heteroatoms. The van der Waals surface area contributed by atoms with Gasteiger partial charge in [0.05, 0.1) is 0 Å². The third kappa shape index (κ3) is 10.2. The van der Waals surface area contributed by atoms with Gasteiger partial charge in [-0.25, -0.2) is 9.36 Å². The van der Waals surface area contributed by atoms with E-state index in [1.54, 1.807) is 13.8 Å². The number of hydrogen-bond donors (Lipinski definition) is 3. The molecule has 0 spiro atoms. The van der Waals surface area contributed by atoms with Gasteiger partial charge in [-0.3, -0.25) is 4.89 Å². The summed E-state index contributed by atoms with van der Waals surface area (Å²) in [5, 5.41) is 3.11. The van der Waals surface area contributed by atoms with Crippen LogP contribution in [0.5, 0.6) is 0 Å². The molecule has 2 aromatic rings. The summed E-state index contributed by atoms with van der Waals surface area (Å²) in [5.41, 5.74) is 0.916. The van der Waals surface area contributed by atoms with Crippen LogP contribution >= 0.6 is 18.2 Å². The molecule has 142 valence electrons. The fraction of sp³-hybridized carbons (Fsp3) is 0.235. The summed E-state index contributed by atoms with van der Waals surface area (Å²) in [5.74, 6) is -0.470. The van der Waals surface area contributed by atoms with Gasteiger partial charge in [-0.1, -0.05) is 48.5 Å². The maximum absolute atomic E-state index is 12.0. The molecule has 0 amide bonds. The zero-order valence-corrected chi connectivity index (χ0v) is 16.0. The van der Waals surface area contributed by atoms with Crippen LogP contribution in [0.4, 0.5) is 5.69 Å². The Kier molecular flexibility index (Phi) is 8.78. The highest BCUT2D eigenvalue weighted by molar-refractivity contribution is 7.79. The molecule has 0 aliphatic rings. The monoisotopic (exact) mass is 401 g/mol. The van der Waals surface area contributed by atoms with Crippen molar-refractivity contribution < 1.29 is 28.9 Å². The molecule has 0 aliphatic heterocycles. The molecule has 0 saturated heterocycles. The smallest absolute Gasteiger partial charge is 0.370 e. The minimum atomic E-state index is -4.17. The average Bonchev–Trinajstić information content (AvgIpc) is 2.55. The first-order valence-electron chi connectivity index (χ1n) is 7.54. The van der Waals surface area contributed by atoms with Crippen LogP contribution in [-0.2, 0) is 25.7 Å². The number of nitrogens with one attached hydrogen (secondary N) is 1. The van der Waals surface area contributed by atoms with Crippen LogP contribution in [0.1, 0.15) is 19.4 Å². The van der Waals surface area contributed by atoms with Gasteiger partial charge >= 0.3 is 12.9 Å². The lowest BCUT2D eigenvalue weighted by molar-refractivity contribution is -0.283. The largest absolute Gasteiger partial charge is 0.419 e. The number of carbonyl (C=O) groups excluding carboxylic acids is 1. The summed E-state index contributed by atoms with van der Waals surface area (Å²) in [6.45, 7) is -0.448. The number of para-hydroxylation sites is 1. The van der Waals surface area contributed by atoms with Crippen LogP contribution in [0, 0.1) is 0 Å². The highest BCUT2D eigenvalue weighted by Crippen LogP contribution is 2.39. The summed E-state index contributed by atoms with van der Waals surface area (Å²) in [7, 11) is 0. The van der Waals surface area contributed by atoms with Crippen LogP contribution in [0.25, 0.3) is 0 Å². The SMILES string of the molecule is CC(C)(Nc1ccccc1)C(=O)OOCc1ccccc1.O=P(O)(O)Cl. The van der Waals surface area contributed by atoms with Gasteiger partial charge < -0.3 is 15.1 Å². The Hall–Kier alpha value is -1.89. The second kappa shape index (κ2) is 10.3. The summed E-state index contributed by atoms with van der Waals surface area (Å²) in [6.07, 6.45) is 0. The molecule has 3 N–H and O–H groups in total.